The smallest absolute Gasteiger partial charge is 0.282 e. The lowest BCUT2D eigenvalue weighted by molar-refractivity contribution is -0.385. The van der Waals surface area contributed by atoms with Crippen LogP contribution in [0.25, 0.3) is 11.3 Å². The number of anilines is 1. The van der Waals surface area contributed by atoms with E-state index in [0.717, 1.165) is 11.3 Å². The minimum atomic E-state index is -0.588. The highest BCUT2D eigenvalue weighted by Crippen LogP contribution is 2.21. The average molecular weight is 308 g/mol. The normalized spacial score (nSPS) is 10.3. The van der Waals surface area contributed by atoms with Crippen molar-refractivity contribution in [1.29, 1.82) is 0 Å². The number of aromatic nitrogens is 2. The van der Waals surface area contributed by atoms with E-state index < -0.39 is 10.8 Å². The van der Waals surface area contributed by atoms with Crippen LogP contribution in [0.15, 0.2) is 60.7 Å². The summed E-state index contributed by atoms with van der Waals surface area (Å²) in [5.41, 5.74) is 1.40. The van der Waals surface area contributed by atoms with E-state index >= 15 is 0 Å². The zero-order chi connectivity index (χ0) is 16.2. The summed E-state index contributed by atoms with van der Waals surface area (Å²) >= 11 is 0. The Balaban J connectivity index is 1.82. The van der Waals surface area contributed by atoms with Crippen LogP contribution in [-0.4, -0.2) is 21.0 Å². The van der Waals surface area contributed by atoms with Gasteiger partial charge in [0.05, 0.1) is 10.6 Å². The van der Waals surface area contributed by atoms with Crippen LogP contribution in [0.5, 0.6) is 0 Å². The molecule has 0 radical (unpaired) electrons. The van der Waals surface area contributed by atoms with E-state index in [4.69, 9.17) is 0 Å². The standard InChI is InChI=1S/C16H12N4O3/c21-16(12-8-4-5-9-14(12)20(22)23)17-15-10-13(18-19-15)11-6-2-1-3-7-11/h1-10H,(H2,17,18,19,21). The molecule has 0 atom stereocenters. The number of amides is 1. The molecule has 1 amide bonds. The van der Waals surface area contributed by atoms with Crippen LogP contribution in [0, 0.1) is 10.1 Å². The zero-order valence-corrected chi connectivity index (χ0v) is 11.9. The first-order valence-electron chi connectivity index (χ1n) is 6.81. The number of carbonyl (C=O) groups is 1. The van der Waals surface area contributed by atoms with E-state index in [-0.39, 0.29) is 11.3 Å². The van der Waals surface area contributed by atoms with Crippen molar-refractivity contribution in [3.8, 4) is 11.3 Å². The molecule has 3 aromatic rings. The maximum absolute atomic E-state index is 12.2. The molecular weight excluding hydrogens is 296 g/mol. The molecule has 0 aliphatic heterocycles. The predicted octanol–water partition coefficient (Wildman–Crippen LogP) is 3.24. The molecule has 2 aromatic carbocycles. The number of nitro benzene ring substituents is 1. The monoisotopic (exact) mass is 308 g/mol. The van der Waals surface area contributed by atoms with Crippen LogP contribution in [-0.2, 0) is 0 Å². The Morgan fingerprint density at radius 3 is 2.52 bits per heavy atom. The van der Waals surface area contributed by atoms with Crippen LogP contribution in [0.4, 0.5) is 11.5 Å². The van der Waals surface area contributed by atoms with Crippen molar-refractivity contribution >= 4 is 17.4 Å². The molecule has 0 saturated carbocycles. The van der Waals surface area contributed by atoms with Crippen molar-refractivity contribution in [3.05, 3.63) is 76.3 Å². The van der Waals surface area contributed by atoms with E-state index in [0.29, 0.717) is 5.82 Å². The fourth-order valence-electron chi connectivity index (χ4n) is 2.16. The summed E-state index contributed by atoms with van der Waals surface area (Å²) in [7, 11) is 0. The Hall–Kier alpha value is -3.48. The Morgan fingerprint density at radius 2 is 1.78 bits per heavy atom. The second-order valence-corrected chi connectivity index (χ2v) is 4.76. The van der Waals surface area contributed by atoms with E-state index in [2.05, 4.69) is 15.5 Å². The zero-order valence-electron chi connectivity index (χ0n) is 11.9. The molecule has 3 rings (SSSR count). The maximum Gasteiger partial charge on any atom is 0.282 e. The summed E-state index contributed by atoms with van der Waals surface area (Å²) in [5, 5.41) is 20.4. The molecular formula is C16H12N4O3. The van der Waals surface area contributed by atoms with E-state index in [1.807, 2.05) is 30.3 Å². The van der Waals surface area contributed by atoms with Gasteiger partial charge in [-0.3, -0.25) is 20.0 Å². The van der Waals surface area contributed by atoms with Gasteiger partial charge in [0.2, 0.25) is 0 Å². The number of para-hydroxylation sites is 1. The first kappa shape index (κ1) is 14.5. The lowest BCUT2D eigenvalue weighted by Crippen LogP contribution is -2.14. The SMILES string of the molecule is O=C(Nc1cc(-c2ccccc2)[nH]n1)c1ccccc1[N+](=O)[O-]. The molecule has 114 valence electrons. The van der Waals surface area contributed by atoms with Gasteiger partial charge in [-0.15, -0.1) is 0 Å². The number of carbonyl (C=O) groups excluding carboxylic acids is 1. The fraction of sp³-hybridized carbons (Fsp3) is 0. The molecule has 7 nitrogen and oxygen atoms in total. The van der Waals surface area contributed by atoms with Gasteiger partial charge in [0, 0.05) is 12.1 Å². The van der Waals surface area contributed by atoms with Gasteiger partial charge in [0.15, 0.2) is 5.82 Å². The molecule has 0 unspecified atom stereocenters. The van der Waals surface area contributed by atoms with Gasteiger partial charge in [0.25, 0.3) is 11.6 Å². The molecule has 2 N–H and O–H groups in total. The Morgan fingerprint density at radius 1 is 1.09 bits per heavy atom. The number of aromatic amines is 1. The van der Waals surface area contributed by atoms with Crippen molar-refractivity contribution in [2.45, 2.75) is 0 Å². The minimum absolute atomic E-state index is 0.0123. The summed E-state index contributed by atoms with van der Waals surface area (Å²) in [6.45, 7) is 0. The summed E-state index contributed by atoms with van der Waals surface area (Å²) in [4.78, 5) is 22.6. The number of hydrogen-bond donors (Lipinski definition) is 2. The number of H-pyrrole nitrogens is 1. The molecule has 0 fully saturated rings. The molecule has 0 spiro atoms. The van der Waals surface area contributed by atoms with Gasteiger partial charge in [0.1, 0.15) is 5.56 Å². The predicted molar refractivity (Wildman–Crippen MR) is 85.1 cm³/mol. The number of benzene rings is 2. The first-order chi connectivity index (χ1) is 11.1. The fourth-order valence-corrected chi connectivity index (χ4v) is 2.16. The van der Waals surface area contributed by atoms with Gasteiger partial charge < -0.3 is 5.32 Å². The van der Waals surface area contributed by atoms with Crippen LogP contribution >= 0.6 is 0 Å². The molecule has 1 heterocycles. The van der Waals surface area contributed by atoms with Crippen molar-refractivity contribution < 1.29 is 9.72 Å². The third-order valence-electron chi connectivity index (χ3n) is 3.25. The van der Waals surface area contributed by atoms with Crippen molar-refractivity contribution in [2.75, 3.05) is 5.32 Å². The molecule has 0 saturated heterocycles. The summed E-state index contributed by atoms with van der Waals surface area (Å²) in [6, 6.07) is 16.9. The third kappa shape index (κ3) is 3.08. The van der Waals surface area contributed by atoms with Gasteiger partial charge in [-0.2, -0.15) is 5.10 Å². The lowest BCUT2D eigenvalue weighted by Gasteiger charge is -2.02. The van der Waals surface area contributed by atoms with Crippen molar-refractivity contribution in [1.82, 2.24) is 10.2 Å². The van der Waals surface area contributed by atoms with Gasteiger partial charge >= 0.3 is 0 Å². The molecule has 0 bridgehead atoms. The van der Waals surface area contributed by atoms with Crippen LogP contribution in [0.3, 0.4) is 0 Å². The number of hydrogen-bond acceptors (Lipinski definition) is 4. The molecule has 0 aliphatic carbocycles. The Labute approximate surface area is 131 Å². The quantitative estimate of drug-likeness (QED) is 0.570. The van der Waals surface area contributed by atoms with Crippen LogP contribution < -0.4 is 5.32 Å². The average Bonchev–Trinajstić information content (AvgIpc) is 3.04. The number of rotatable bonds is 4. The summed E-state index contributed by atoms with van der Waals surface area (Å²) < 4.78 is 0. The second-order valence-electron chi connectivity index (χ2n) is 4.76. The van der Waals surface area contributed by atoms with Gasteiger partial charge in [-0.25, -0.2) is 0 Å². The lowest BCUT2D eigenvalue weighted by atomic mass is 10.1. The highest BCUT2D eigenvalue weighted by Gasteiger charge is 2.19. The minimum Gasteiger partial charge on any atom is -0.305 e. The summed E-state index contributed by atoms with van der Waals surface area (Å²) in [6.07, 6.45) is 0. The van der Waals surface area contributed by atoms with Crippen molar-refractivity contribution in [2.24, 2.45) is 0 Å². The second kappa shape index (κ2) is 6.10. The van der Waals surface area contributed by atoms with E-state index in [9.17, 15) is 14.9 Å². The van der Waals surface area contributed by atoms with Crippen molar-refractivity contribution in [3.63, 3.8) is 0 Å². The summed E-state index contributed by atoms with van der Waals surface area (Å²) in [5.74, 6) is -0.282. The topological polar surface area (TPSA) is 101 Å². The van der Waals surface area contributed by atoms with Gasteiger partial charge in [-0.05, 0) is 11.6 Å². The Kier molecular flexibility index (Phi) is 3.84. The van der Waals surface area contributed by atoms with E-state index in [1.54, 1.807) is 12.1 Å². The number of nitrogens with zero attached hydrogens (tertiary/aromatic N) is 2. The molecule has 23 heavy (non-hydrogen) atoms. The highest BCUT2D eigenvalue weighted by molar-refractivity contribution is 6.06. The molecule has 7 heteroatoms. The van der Waals surface area contributed by atoms with Crippen LogP contribution in [0.1, 0.15) is 10.4 Å². The number of nitro groups is 1. The maximum atomic E-state index is 12.2. The molecule has 1 aromatic heterocycles. The van der Waals surface area contributed by atoms with Crippen LogP contribution in [0.2, 0.25) is 0 Å². The first-order valence-corrected chi connectivity index (χ1v) is 6.81. The Bertz CT molecular complexity index is 859. The van der Waals surface area contributed by atoms with Gasteiger partial charge in [-0.1, -0.05) is 42.5 Å². The highest BCUT2D eigenvalue weighted by atomic mass is 16.6. The largest absolute Gasteiger partial charge is 0.305 e. The van der Waals surface area contributed by atoms with E-state index in [1.165, 1.54) is 18.2 Å². The molecule has 0 aliphatic rings. The number of nitrogens with one attached hydrogen (secondary N) is 2. The third-order valence-corrected chi connectivity index (χ3v) is 3.25.